The van der Waals surface area contributed by atoms with Crippen LogP contribution in [0.2, 0.25) is 0 Å². The van der Waals surface area contributed by atoms with Crippen molar-refractivity contribution in [1.82, 2.24) is 15.1 Å². The number of para-hydroxylation sites is 1. The van der Waals surface area contributed by atoms with Gasteiger partial charge in [-0.15, -0.1) is 0 Å². The van der Waals surface area contributed by atoms with Gasteiger partial charge in [-0.1, -0.05) is 12.1 Å². The zero-order valence-electron chi connectivity index (χ0n) is 16.2. The van der Waals surface area contributed by atoms with E-state index in [1.54, 1.807) is 38.4 Å². The number of rotatable bonds is 9. The lowest BCUT2D eigenvalue weighted by Crippen LogP contribution is -2.42. The van der Waals surface area contributed by atoms with Gasteiger partial charge < -0.3 is 15.0 Å². The van der Waals surface area contributed by atoms with Crippen molar-refractivity contribution in [2.45, 2.75) is 39.8 Å². The van der Waals surface area contributed by atoms with E-state index in [-0.39, 0.29) is 18.4 Å². The van der Waals surface area contributed by atoms with Crippen molar-refractivity contribution in [1.29, 1.82) is 0 Å². The van der Waals surface area contributed by atoms with Crippen LogP contribution in [0.1, 0.15) is 38.1 Å². The Morgan fingerprint density at radius 2 is 1.68 bits per heavy atom. The van der Waals surface area contributed by atoms with Gasteiger partial charge >= 0.3 is 0 Å². The molecule has 2 amide bonds. The maximum absolute atomic E-state index is 12.5. The van der Waals surface area contributed by atoms with Gasteiger partial charge in [0.2, 0.25) is 0 Å². The zero-order valence-corrected chi connectivity index (χ0v) is 16.2. The van der Waals surface area contributed by atoms with E-state index < -0.39 is 0 Å². The molecule has 0 aliphatic rings. The molecule has 6 heteroatoms. The smallest absolute Gasteiger partial charge is 0.259 e. The van der Waals surface area contributed by atoms with E-state index in [2.05, 4.69) is 37.9 Å². The van der Waals surface area contributed by atoms with Crippen LogP contribution in [0.25, 0.3) is 0 Å². The quantitative estimate of drug-likeness (QED) is 0.741. The molecule has 0 atom stereocenters. The van der Waals surface area contributed by atoms with Crippen LogP contribution in [0, 0.1) is 0 Å². The molecule has 1 aromatic rings. The van der Waals surface area contributed by atoms with Crippen LogP contribution in [-0.2, 0) is 4.79 Å². The standard InChI is InChI=1S/C19H31N3O3/c1-14(2)22(15(3)4)12-11-20-19(24)16-9-7-8-10-17(16)25-13-18(23)21(5)6/h7-10,14-15H,11-13H2,1-6H3,(H,20,24). The van der Waals surface area contributed by atoms with E-state index in [9.17, 15) is 9.59 Å². The Bertz CT molecular complexity index is 563. The number of carbonyl (C=O) groups excluding carboxylic acids is 2. The van der Waals surface area contributed by atoms with Crippen LogP contribution in [-0.4, -0.2) is 67.5 Å². The molecule has 0 aromatic heterocycles. The van der Waals surface area contributed by atoms with Crippen molar-refractivity contribution in [2.24, 2.45) is 0 Å². The third-order valence-corrected chi connectivity index (χ3v) is 3.96. The largest absolute Gasteiger partial charge is 0.483 e. The monoisotopic (exact) mass is 349 g/mol. The third-order valence-electron chi connectivity index (χ3n) is 3.96. The van der Waals surface area contributed by atoms with Gasteiger partial charge in [0.1, 0.15) is 5.75 Å². The lowest BCUT2D eigenvalue weighted by molar-refractivity contribution is -0.130. The number of hydrogen-bond donors (Lipinski definition) is 1. The predicted molar refractivity (Wildman–Crippen MR) is 99.9 cm³/mol. The molecule has 0 radical (unpaired) electrons. The highest BCUT2D eigenvalue weighted by atomic mass is 16.5. The Morgan fingerprint density at radius 3 is 2.24 bits per heavy atom. The van der Waals surface area contributed by atoms with Crippen LogP contribution < -0.4 is 10.1 Å². The first-order valence-electron chi connectivity index (χ1n) is 8.70. The lowest BCUT2D eigenvalue weighted by Gasteiger charge is -2.30. The first kappa shape index (κ1) is 21.0. The van der Waals surface area contributed by atoms with E-state index in [0.29, 0.717) is 29.9 Å². The number of hydrogen-bond acceptors (Lipinski definition) is 4. The Labute approximate surface area is 151 Å². The maximum Gasteiger partial charge on any atom is 0.259 e. The normalized spacial score (nSPS) is 11.1. The van der Waals surface area contributed by atoms with Gasteiger partial charge in [0, 0.05) is 39.3 Å². The summed E-state index contributed by atoms with van der Waals surface area (Å²) >= 11 is 0. The number of nitrogens with one attached hydrogen (secondary N) is 1. The Hall–Kier alpha value is -2.08. The minimum absolute atomic E-state index is 0.0915. The van der Waals surface area contributed by atoms with E-state index in [1.165, 1.54) is 4.90 Å². The predicted octanol–water partition coefficient (Wildman–Crippen LogP) is 2.00. The van der Waals surface area contributed by atoms with Crippen LogP contribution in [0.4, 0.5) is 0 Å². The van der Waals surface area contributed by atoms with E-state index in [4.69, 9.17) is 4.74 Å². The molecular formula is C19H31N3O3. The fourth-order valence-electron chi connectivity index (χ4n) is 2.56. The van der Waals surface area contributed by atoms with Gasteiger partial charge in [0.25, 0.3) is 11.8 Å². The van der Waals surface area contributed by atoms with Crippen molar-refractivity contribution < 1.29 is 14.3 Å². The highest BCUT2D eigenvalue weighted by Crippen LogP contribution is 2.17. The second-order valence-corrected chi connectivity index (χ2v) is 6.75. The molecule has 0 spiro atoms. The molecule has 0 bridgehead atoms. The van der Waals surface area contributed by atoms with E-state index in [1.807, 2.05) is 0 Å². The molecule has 0 unspecified atom stereocenters. The Kier molecular flexibility index (Phi) is 8.41. The van der Waals surface area contributed by atoms with Crippen LogP contribution in [0.3, 0.4) is 0 Å². The summed E-state index contributed by atoms with van der Waals surface area (Å²) in [5.41, 5.74) is 0.440. The summed E-state index contributed by atoms with van der Waals surface area (Å²) in [5.74, 6) is 0.0693. The molecule has 0 saturated heterocycles. The molecular weight excluding hydrogens is 318 g/mol. The highest BCUT2D eigenvalue weighted by Gasteiger charge is 2.16. The Morgan fingerprint density at radius 1 is 1.08 bits per heavy atom. The number of nitrogens with zero attached hydrogens (tertiary/aromatic N) is 2. The highest BCUT2D eigenvalue weighted by molar-refractivity contribution is 5.97. The maximum atomic E-state index is 12.5. The number of carbonyl (C=O) groups is 2. The first-order chi connectivity index (χ1) is 11.7. The molecule has 1 N–H and O–H groups in total. The summed E-state index contributed by atoms with van der Waals surface area (Å²) in [7, 11) is 3.33. The number of benzene rings is 1. The molecule has 1 rings (SSSR count). The third kappa shape index (κ3) is 6.74. The summed E-state index contributed by atoms with van der Waals surface area (Å²) < 4.78 is 5.52. The van der Waals surface area contributed by atoms with Gasteiger partial charge in [-0.05, 0) is 39.8 Å². The van der Waals surface area contributed by atoms with Crippen molar-refractivity contribution in [3.05, 3.63) is 29.8 Å². The second-order valence-electron chi connectivity index (χ2n) is 6.75. The summed E-state index contributed by atoms with van der Waals surface area (Å²) in [6.07, 6.45) is 0. The van der Waals surface area contributed by atoms with Crippen molar-refractivity contribution in [2.75, 3.05) is 33.8 Å². The summed E-state index contributed by atoms with van der Waals surface area (Å²) in [4.78, 5) is 27.9. The minimum Gasteiger partial charge on any atom is -0.483 e. The van der Waals surface area contributed by atoms with Gasteiger partial charge in [-0.2, -0.15) is 0 Å². The van der Waals surface area contributed by atoms with Gasteiger partial charge in [0.05, 0.1) is 5.56 Å². The van der Waals surface area contributed by atoms with Gasteiger partial charge in [-0.3, -0.25) is 14.5 Å². The number of likely N-dealkylation sites (N-methyl/N-ethyl adjacent to an activating group) is 1. The van der Waals surface area contributed by atoms with E-state index in [0.717, 1.165) is 6.54 Å². The molecule has 0 fully saturated rings. The number of amides is 2. The lowest BCUT2D eigenvalue weighted by atomic mass is 10.2. The second kappa shape index (κ2) is 10.0. The van der Waals surface area contributed by atoms with Crippen molar-refractivity contribution in [3.8, 4) is 5.75 Å². The minimum atomic E-state index is -0.194. The number of ether oxygens (including phenoxy) is 1. The average molecular weight is 349 g/mol. The molecule has 140 valence electrons. The molecule has 1 aromatic carbocycles. The SMILES string of the molecule is CC(C)N(CCNC(=O)c1ccccc1OCC(=O)N(C)C)C(C)C. The summed E-state index contributed by atoms with van der Waals surface area (Å²) in [5, 5.41) is 2.93. The van der Waals surface area contributed by atoms with Crippen LogP contribution >= 0.6 is 0 Å². The van der Waals surface area contributed by atoms with Crippen molar-refractivity contribution in [3.63, 3.8) is 0 Å². The van der Waals surface area contributed by atoms with Gasteiger partial charge in [0.15, 0.2) is 6.61 Å². The molecule has 6 nitrogen and oxygen atoms in total. The molecule has 0 aliphatic heterocycles. The topological polar surface area (TPSA) is 61.9 Å². The molecule has 25 heavy (non-hydrogen) atoms. The molecule has 0 heterocycles. The fourth-order valence-corrected chi connectivity index (χ4v) is 2.56. The van der Waals surface area contributed by atoms with Crippen LogP contribution in [0.5, 0.6) is 5.75 Å². The zero-order chi connectivity index (χ0) is 19.0. The Balaban J connectivity index is 2.65. The van der Waals surface area contributed by atoms with Crippen molar-refractivity contribution >= 4 is 11.8 Å². The summed E-state index contributed by atoms with van der Waals surface area (Å²) in [6.45, 7) is 9.83. The van der Waals surface area contributed by atoms with Gasteiger partial charge in [-0.25, -0.2) is 0 Å². The van der Waals surface area contributed by atoms with E-state index >= 15 is 0 Å². The molecule has 0 aliphatic carbocycles. The summed E-state index contributed by atoms with van der Waals surface area (Å²) in [6, 6.07) is 7.81. The average Bonchev–Trinajstić information content (AvgIpc) is 2.55. The van der Waals surface area contributed by atoms with Crippen LogP contribution in [0.15, 0.2) is 24.3 Å². The first-order valence-corrected chi connectivity index (χ1v) is 8.70. The fraction of sp³-hybridized carbons (Fsp3) is 0.579. The molecule has 0 saturated carbocycles.